The maximum absolute atomic E-state index is 10.7. The number of aryl methyl sites for hydroxylation is 1. The van der Waals surface area contributed by atoms with Gasteiger partial charge >= 0.3 is 0 Å². The molecule has 1 heterocycles. The average Bonchev–Trinajstić information content (AvgIpc) is 3.12. The number of para-hydroxylation sites is 1. The van der Waals surface area contributed by atoms with Crippen LogP contribution in [0.4, 0.5) is 0 Å². The standard InChI is InChI=1S/C27H36ClN3O4/c1-27(2,3)34-19-21(32)17-31(15-16-33-5)18-22-25(20-11-7-6-8-12-20)29-30(4)26(22)35-24-14-10-9-13-23(24)28/h6-14,21,32H,15-19H2,1-5H3. The third-order valence-corrected chi connectivity index (χ3v) is 5.66. The summed E-state index contributed by atoms with van der Waals surface area (Å²) in [7, 11) is 3.52. The maximum atomic E-state index is 10.7. The van der Waals surface area contributed by atoms with E-state index < -0.39 is 6.10 Å². The number of ether oxygens (including phenoxy) is 3. The molecule has 0 aliphatic heterocycles. The second kappa shape index (κ2) is 12.5. The monoisotopic (exact) mass is 501 g/mol. The van der Waals surface area contributed by atoms with E-state index in [9.17, 15) is 5.11 Å². The molecule has 0 saturated heterocycles. The van der Waals surface area contributed by atoms with Crippen molar-refractivity contribution in [2.45, 2.75) is 39.0 Å². The first-order chi connectivity index (χ1) is 16.7. The molecule has 0 bridgehead atoms. The van der Waals surface area contributed by atoms with Crippen molar-refractivity contribution >= 4 is 11.6 Å². The number of methoxy groups -OCH3 is 1. The highest BCUT2D eigenvalue weighted by Crippen LogP contribution is 2.36. The summed E-state index contributed by atoms with van der Waals surface area (Å²) in [5.74, 6) is 1.15. The summed E-state index contributed by atoms with van der Waals surface area (Å²) in [6.45, 7) is 8.22. The summed E-state index contributed by atoms with van der Waals surface area (Å²) < 4.78 is 19.2. The van der Waals surface area contributed by atoms with E-state index in [0.29, 0.717) is 42.9 Å². The Hall–Kier alpha value is -2.42. The summed E-state index contributed by atoms with van der Waals surface area (Å²) in [5.41, 5.74) is 2.38. The third kappa shape index (κ3) is 8.05. The minimum absolute atomic E-state index is 0.245. The van der Waals surface area contributed by atoms with Gasteiger partial charge in [-0.15, -0.1) is 0 Å². The highest BCUT2D eigenvalue weighted by atomic mass is 35.5. The van der Waals surface area contributed by atoms with E-state index >= 15 is 0 Å². The van der Waals surface area contributed by atoms with Crippen molar-refractivity contribution in [1.82, 2.24) is 14.7 Å². The molecule has 190 valence electrons. The number of aliphatic hydroxyl groups excluding tert-OH is 1. The van der Waals surface area contributed by atoms with Gasteiger partial charge in [0, 0.05) is 39.4 Å². The Bertz CT molecular complexity index is 1070. The lowest BCUT2D eigenvalue weighted by Gasteiger charge is -2.27. The second-order valence-electron chi connectivity index (χ2n) is 9.46. The Morgan fingerprint density at radius 2 is 1.77 bits per heavy atom. The van der Waals surface area contributed by atoms with Crippen molar-refractivity contribution < 1.29 is 19.3 Å². The van der Waals surface area contributed by atoms with Crippen LogP contribution in [0.5, 0.6) is 11.6 Å². The summed E-state index contributed by atoms with van der Waals surface area (Å²) in [4.78, 5) is 2.13. The summed E-state index contributed by atoms with van der Waals surface area (Å²) >= 11 is 6.39. The number of hydrogen-bond donors (Lipinski definition) is 1. The fourth-order valence-corrected chi connectivity index (χ4v) is 3.83. The summed E-state index contributed by atoms with van der Waals surface area (Å²) in [6.07, 6.45) is -0.657. The van der Waals surface area contributed by atoms with E-state index in [1.54, 1.807) is 17.9 Å². The Kier molecular flexibility index (Phi) is 9.71. The van der Waals surface area contributed by atoms with E-state index in [2.05, 4.69) is 4.90 Å². The zero-order valence-electron chi connectivity index (χ0n) is 21.2. The molecular formula is C27H36ClN3O4. The number of aromatic nitrogens is 2. The Morgan fingerprint density at radius 3 is 2.43 bits per heavy atom. The number of halogens is 1. The molecule has 0 radical (unpaired) electrons. The van der Waals surface area contributed by atoms with Crippen LogP contribution >= 0.6 is 11.6 Å². The van der Waals surface area contributed by atoms with Gasteiger partial charge in [0.2, 0.25) is 5.88 Å². The highest BCUT2D eigenvalue weighted by molar-refractivity contribution is 6.32. The molecule has 8 heteroatoms. The van der Waals surface area contributed by atoms with Gasteiger partial charge in [-0.05, 0) is 32.9 Å². The number of nitrogens with zero attached hydrogens (tertiary/aromatic N) is 3. The molecule has 7 nitrogen and oxygen atoms in total. The van der Waals surface area contributed by atoms with Crippen molar-refractivity contribution in [1.29, 1.82) is 0 Å². The Morgan fingerprint density at radius 1 is 1.09 bits per heavy atom. The molecule has 1 aromatic heterocycles. The smallest absolute Gasteiger partial charge is 0.222 e. The third-order valence-electron chi connectivity index (χ3n) is 5.35. The number of hydrogen-bond acceptors (Lipinski definition) is 6. The van der Waals surface area contributed by atoms with Crippen molar-refractivity contribution in [2.75, 3.05) is 33.4 Å². The maximum Gasteiger partial charge on any atom is 0.222 e. The average molecular weight is 502 g/mol. The van der Waals surface area contributed by atoms with E-state index in [1.165, 1.54) is 0 Å². The van der Waals surface area contributed by atoms with Crippen LogP contribution in [0.3, 0.4) is 0 Å². The van der Waals surface area contributed by atoms with Crippen molar-refractivity contribution in [2.24, 2.45) is 7.05 Å². The van der Waals surface area contributed by atoms with E-state index in [-0.39, 0.29) is 12.2 Å². The SMILES string of the molecule is COCCN(Cc1c(-c2ccccc2)nn(C)c1Oc1ccccc1Cl)CC(O)COC(C)(C)C. The molecule has 1 atom stereocenters. The molecule has 0 amide bonds. The second-order valence-corrected chi connectivity index (χ2v) is 9.87. The van der Waals surface area contributed by atoms with Crippen LogP contribution in [-0.2, 0) is 23.1 Å². The van der Waals surface area contributed by atoms with Crippen LogP contribution in [0, 0.1) is 0 Å². The van der Waals surface area contributed by atoms with Crippen LogP contribution in [-0.4, -0.2) is 64.9 Å². The first-order valence-corrected chi connectivity index (χ1v) is 12.1. The van der Waals surface area contributed by atoms with Gasteiger partial charge in [0.05, 0.1) is 35.5 Å². The van der Waals surface area contributed by atoms with E-state index in [4.69, 9.17) is 30.9 Å². The Labute approximate surface area is 213 Å². The molecule has 0 spiro atoms. The molecule has 0 fully saturated rings. The predicted octanol–water partition coefficient (Wildman–Crippen LogP) is 5.16. The van der Waals surface area contributed by atoms with Gasteiger partial charge in [-0.25, -0.2) is 4.68 Å². The molecule has 2 aromatic carbocycles. The molecule has 1 unspecified atom stereocenters. The first-order valence-electron chi connectivity index (χ1n) is 11.7. The largest absolute Gasteiger partial charge is 0.437 e. The molecule has 3 rings (SSSR count). The first kappa shape index (κ1) is 27.2. The van der Waals surface area contributed by atoms with Crippen LogP contribution in [0.1, 0.15) is 26.3 Å². The molecule has 3 aromatic rings. The van der Waals surface area contributed by atoms with E-state index in [0.717, 1.165) is 16.8 Å². The number of aliphatic hydroxyl groups is 1. The zero-order chi connectivity index (χ0) is 25.4. The molecule has 0 aliphatic rings. The Balaban J connectivity index is 1.94. The van der Waals surface area contributed by atoms with Crippen molar-refractivity contribution in [3.63, 3.8) is 0 Å². The van der Waals surface area contributed by atoms with Crippen LogP contribution < -0.4 is 4.74 Å². The van der Waals surface area contributed by atoms with Gasteiger partial charge in [-0.2, -0.15) is 5.10 Å². The van der Waals surface area contributed by atoms with Gasteiger partial charge in [0.15, 0.2) is 0 Å². The predicted molar refractivity (Wildman–Crippen MR) is 139 cm³/mol. The highest BCUT2D eigenvalue weighted by Gasteiger charge is 2.24. The molecule has 1 N–H and O–H groups in total. The molecule has 0 saturated carbocycles. The fourth-order valence-electron chi connectivity index (χ4n) is 3.66. The molecule has 0 aliphatic carbocycles. The van der Waals surface area contributed by atoms with Crippen LogP contribution in [0.25, 0.3) is 11.3 Å². The summed E-state index contributed by atoms with van der Waals surface area (Å²) in [6, 6.07) is 17.4. The van der Waals surface area contributed by atoms with Crippen molar-refractivity contribution in [3.05, 3.63) is 65.2 Å². The van der Waals surface area contributed by atoms with Gasteiger partial charge in [-0.3, -0.25) is 4.90 Å². The van der Waals surface area contributed by atoms with Gasteiger partial charge < -0.3 is 19.3 Å². The summed E-state index contributed by atoms with van der Waals surface area (Å²) in [5, 5.41) is 16.0. The quantitative estimate of drug-likeness (QED) is 0.370. The lowest BCUT2D eigenvalue weighted by atomic mass is 10.1. The van der Waals surface area contributed by atoms with Crippen molar-refractivity contribution in [3.8, 4) is 22.9 Å². The van der Waals surface area contributed by atoms with Gasteiger partial charge in [0.25, 0.3) is 0 Å². The number of rotatable bonds is 12. The minimum Gasteiger partial charge on any atom is -0.437 e. The zero-order valence-corrected chi connectivity index (χ0v) is 22.0. The molecular weight excluding hydrogens is 466 g/mol. The molecule has 35 heavy (non-hydrogen) atoms. The van der Waals surface area contributed by atoms with Gasteiger partial charge in [0.1, 0.15) is 11.4 Å². The fraction of sp³-hybridized carbons (Fsp3) is 0.444. The lowest BCUT2D eigenvalue weighted by molar-refractivity contribution is -0.0576. The van der Waals surface area contributed by atoms with E-state index in [1.807, 2.05) is 76.3 Å². The normalized spacial score (nSPS) is 12.8. The van der Waals surface area contributed by atoms with Crippen LogP contribution in [0.2, 0.25) is 5.02 Å². The topological polar surface area (TPSA) is 69.0 Å². The minimum atomic E-state index is -0.657. The van der Waals surface area contributed by atoms with Gasteiger partial charge in [-0.1, -0.05) is 54.1 Å². The van der Waals surface area contributed by atoms with Crippen LogP contribution in [0.15, 0.2) is 54.6 Å². The number of benzene rings is 2. The lowest BCUT2D eigenvalue weighted by Crippen LogP contribution is -2.38.